The Morgan fingerprint density at radius 1 is 1.32 bits per heavy atom. The quantitative estimate of drug-likeness (QED) is 0.780. The van der Waals surface area contributed by atoms with Crippen molar-refractivity contribution in [2.45, 2.75) is 38.6 Å². The second kappa shape index (κ2) is 6.09. The van der Waals surface area contributed by atoms with Crippen molar-refractivity contribution in [2.24, 2.45) is 5.92 Å². The zero-order valence-corrected chi connectivity index (χ0v) is 12.1. The number of rotatable bonds is 3. The van der Waals surface area contributed by atoms with Gasteiger partial charge in [0.05, 0.1) is 18.4 Å². The Kier molecular flexibility index (Phi) is 4.46. The molecule has 0 bridgehead atoms. The molecule has 0 radical (unpaired) electrons. The van der Waals surface area contributed by atoms with E-state index >= 15 is 0 Å². The summed E-state index contributed by atoms with van der Waals surface area (Å²) in [6.45, 7) is 2.31. The van der Waals surface area contributed by atoms with Crippen LogP contribution in [0.25, 0.3) is 0 Å². The van der Waals surface area contributed by atoms with Gasteiger partial charge in [-0.3, -0.25) is 0 Å². The van der Waals surface area contributed by atoms with Crippen LogP contribution in [-0.2, 0) is 4.74 Å². The van der Waals surface area contributed by atoms with Gasteiger partial charge in [0.2, 0.25) is 0 Å². The topological polar surface area (TPSA) is 29.5 Å². The third-order valence-corrected chi connectivity index (χ3v) is 4.15. The van der Waals surface area contributed by atoms with Crippen LogP contribution in [-0.4, -0.2) is 26.2 Å². The molecule has 1 aromatic rings. The van der Waals surface area contributed by atoms with Crippen molar-refractivity contribution in [3.63, 3.8) is 0 Å². The molecule has 2 unspecified atom stereocenters. The zero-order chi connectivity index (χ0) is 13.8. The molecule has 19 heavy (non-hydrogen) atoms. The molecular weight excluding hydrogens is 238 g/mol. The van der Waals surface area contributed by atoms with Gasteiger partial charge in [0.25, 0.3) is 0 Å². The molecule has 1 aromatic carbocycles. The average molecular weight is 261 g/mol. The molecule has 0 aliphatic heterocycles. The fraction of sp³-hybridized carbons (Fsp3) is 0.562. The van der Waals surface area contributed by atoms with Crippen molar-refractivity contribution in [3.05, 3.63) is 29.8 Å². The van der Waals surface area contributed by atoms with Crippen molar-refractivity contribution in [2.75, 3.05) is 19.1 Å². The van der Waals surface area contributed by atoms with Gasteiger partial charge in [0.15, 0.2) is 0 Å². The van der Waals surface area contributed by atoms with Crippen LogP contribution in [0.1, 0.15) is 43.0 Å². The molecule has 1 aliphatic carbocycles. The molecule has 2 rings (SSSR count). The predicted octanol–water partition coefficient (Wildman–Crippen LogP) is 3.49. The molecule has 2 atom stereocenters. The summed E-state index contributed by atoms with van der Waals surface area (Å²) in [7, 11) is 3.52. The first-order valence-electron chi connectivity index (χ1n) is 7.03. The predicted molar refractivity (Wildman–Crippen MR) is 77.6 cm³/mol. The van der Waals surface area contributed by atoms with E-state index in [1.165, 1.54) is 32.8 Å². The third kappa shape index (κ3) is 3.09. The molecule has 0 spiro atoms. The van der Waals surface area contributed by atoms with Gasteiger partial charge in [0.1, 0.15) is 0 Å². The van der Waals surface area contributed by atoms with E-state index in [0.717, 1.165) is 11.6 Å². The van der Waals surface area contributed by atoms with Crippen LogP contribution >= 0.6 is 0 Å². The fourth-order valence-electron chi connectivity index (χ4n) is 3.01. The molecule has 1 aliphatic rings. The lowest BCUT2D eigenvalue weighted by Crippen LogP contribution is -2.36. The SMILES string of the molecule is COC(=O)c1ccccc1N(C)C1CCCC(C)C1. The lowest BCUT2D eigenvalue weighted by molar-refractivity contribution is 0.0601. The largest absolute Gasteiger partial charge is 0.465 e. The first-order valence-corrected chi connectivity index (χ1v) is 7.03. The van der Waals surface area contributed by atoms with Crippen LogP contribution in [0.3, 0.4) is 0 Å². The van der Waals surface area contributed by atoms with Gasteiger partial charge < -0.3 is 9.64 Å². The Morgan fingerprint density at radius 2 is 2.05 bits per heavy atom. The molecular formula is C16H23NO2. The van der Waals surface area contributed by atoms with Crippen LogP contribution in [0.15, 0.2) is 24.3 Å². The van der Waals surface area contributed by atoms with Crippen molar-refractivity contribution >= 4 is 11.7 Å². The van der Waals surface area contributed by atoms with Gasteiger partial charge in [-0.1, -0.05) is 31.9 Å². The average Bonchev–Trinajstić information content (AvgIpc) is 2.45. The highest BCUT2D eigenvalue weighted by Gasteiger charge is 2.25. The highest BCUT2D eigenvalue weighted by molar-refractivity contribution is 5.95. The van der Waals surface area contributed by atoms with Crippen LogP contribution in [0.4, 0.5) is 5.69 Å². The lowest BCUT2D eigenvalue weighted by atomic mass is 9.86. The van der Waals surface area contributed by atoms with Gasteiger partial charge in [-0.25, -0.2) is 4.79 Å². The number of hydrogen-bond acceptors (Lipinski definition) is 3. The standard InChI is InChI=1S/C16H23NO2/c1-12-7-6-8-13(11-12)17(2)15-10-5-4-9-14(15)16(18)19-3/h4-5,9-10,12-13H,6-8,11H2,1-3H3. The Balaban J connectivity index is 2.23. The molecule has 1 saturated carbocycles. The molecule has 0 heterocycles. The second-order valence-corrected chi connectivity index (χ2v) is 5.55. The fourth-order valence-corrected chi connectivity index (χ4v) is 3.01. The lowest BCUT2D eigenvalue weighted by Gasteiger charge is -2.36. The van der Waals surface area contributed by atoms with Crippen LogP contribution in [0.5, 0.6) is 0 Å². The number of anilines is 1. The van der Waals surface area contributed by atoms with Crippen LogP contribution < -0.4 is 4.90 Å². The first kappa shape index (κ1) is 13.9. The summed E-state index contributed by atoms with van der Waals surface area (Å²) in [4.78, 5) is 14.1. The molecule has 0 saturated heterocycles. The maximum atomic E-state index is 11.8. The summed E-state index contributed by atoms with van der Waals surface area (Å²) in [5, 5.41) is 0. The van der Waals surface area contributed by atoms with Gasteiger partial charge in [-0.15, -0.1) is 0 Å². The number of esters is 1. The van der Waals surface area contributed by atoms with E-state index in [2.05, 4.69) is 18.9 Å². The minimum atomic E-state index is -0.258. The number of hydrogen-bond donors (Lipinski definition) is 0. The minimum Gasteiger partial charge on any atom is -0.465 e. The molecule has 1 fully saturated rings. The molecule has 104 valence electrons. The summed E-state index contributed by atoms with van der Waals surface area (Å²) in [6, 6.07) is 8.22. The summed E-state index contributed by atoms with van der Waals surface area (Å²) < 4.78 is 4.87. The summed E-state index contributed by atoms with van der Waals surface area (Å²) in [5.74, 6) is 0.512. The smallest absolute Gasteiger partial charge is 0.339 e. The van der Waals surface area contributed by atoms with Crippen LogP contribution in [0.2, 0.25) is 0 Å². The van der Waals surface area contributed by atoms with Gasteiger partial charge in [-0.05, 0) is 30.9 Å². The molecule has 0 amide bonds. The number of para-hydroxylation sites is 1. The number of benzene rings is 1. The molecule has 3 heteroatoms. The Hall–Kier alpha value is -1.51. The van der Waals surface area contributed by atoms with E-state index in [1.54, 1.807) is 0 Å². The van der Waals surface area contributed by atoms with Crippen molar-refractivity contribution < 1.29 is 9.53 Å². The van der Waals surface area contributed by atoms with Gasteiger partial charge in [-0.2, -0.15) is 0 Å². The Bertz CT molecular complexity index is 444. The normalized spacial score (nSPS) is 22.9. The van der Waals surface area contributed by atoms with E-state index in [1.807, 2.05) is 24.3 Å². The number of methoxy groups -OCH3 is 1. The summed E-state index contributed by atoms with van der Waals surface area (Å²) in [6.07, 6.45) is 5.00. The minimum absolute atomic E-state index is 0.258. The summed E-state index contributed by atoms with van der Waals surface area (Å²) >= 11 is 0. The monoisotopic (exact) mass is 261 g/mol. The number of carbonyl (C=O) groups excluding carboxylic acids is 1. The first-order chi connectivity index (χ1) is 9.13. The Labute approximate surface area is 115 Å². The highest BCUT2D eigenvalue weighted by atomic mass is 16.5. The summed E-state index contributed by atoms with van der Waals surface area (Å²) in [5.41, 5.74) is 1.64. The zero-order valence-electron chi connectivity index (χ0n) is 12.1. The van der Waals surface area contributed by atoms with Gasteiger partial charge >= 0.3 is 5.97 Å². The highest BCUT2D eigenvalue weighted by Crippen LogP contribution is 2.31. The Morgan fingerprint density at radius 3 is 2.74 bits per heavy atom. The molecule has 0 aromatic heterocycles. The maximum absolute atomic E-state index is 11.8. The van der Waals surface area contributed by atoms with Crippen molar-refractivity contribution in [1.29, 1.82) is 0 Å². The third-order valence-electron chi connectivity index (χ3n) is 4.15. The van der Waals surface area contributed by atoms with E-state index in [-0.39, 0.29) is 5.97 Å². The number of nitrogens with zero attached hydrogens (tertiary/aromatic N) is 1. The molecule has 3 nitrogen and oxygen atoms in total. The van der Waals surface area contributed by atoms with E-state index < -0.39 is 0 Å². The van der Waals surface area contributed by atoms with Gasteiger partial charge in [0, 0.05) is 13.1 Å². The van der Waals surface area contributed by atoms with Crippen LogP contribution in [0, 0.1) is 5.92 Å². The number of ether oxygens (including phenoxy) is 1. The molecule has 0 N–H and O–H groups in total. The van der Waals surface area contributed by atoms with E-state index in [4.69, 9.17) is 4.74 Å². The second-order valence-electron chi connectivity index (χ2n) is 5.55. The van der Waals surface area contributed by atoms with E-state index in [9.17, 15) is 4.79 Å². The number of carbonyl (C=O) groups is 1. The van der Waals surface area contributed by atoms with Crippen molar-refractivity contribution in [1.82, 2.24) is 0 Å². The van der Waals surface area contributed by atoms with Crippen molar-refractivity contribution in [3.8, 4) is 0 Å². The maximum Gasteiger partial charge on any atom is 0.339 e. The van der Waals surface area contributed by atoms with E-state index in [0.29, 0.717) is 11.6 Å².